The van der Waals surface area contributed by atoms with Crippen LogP contribution >= 0.6 is 0 Å². The van der Waals surface area contributed by atoms with E-state index in [9.17, 15) is 16.8 Å². The van der Waals surface area contributed by atoms with Crippen molar-refractivity contribution >= 4 is 30.8 Å². The van der Waals surface area contributed by atoms with Gasteiger partial charge in [-0.3, -0.25) is 0 Å². The summed E-state index contributed by atoms with van der Waals surface area (Å²) in [6, 6.07) is 9.61. The molecule has 0 atom stereocenters. The first-order chi connectivity index (χ1) is 14.4. The van der Waals surface area contributed by atoms with Crippen molar-refractivity contribution in [2.24, 2.45) is 0 Å². The first-order valence-electron chi connectivity index (χ1n) is 10.9. The van der Waals surface area contributed by atoms with Gasteiger partial charge in [-0.05, 0) is 37.8 Å². The fourth-order valence-electron chi connectivity index (χ4n) is 4.73. The first kappa shape index (κ1) is 21.7. The van der Waals surface area contributed by atoms with Gasteiger partial charge in [0.05, 0.1) is 9.79 Å². The van der Waals surface area contributed by atoms with Gasteiger partial charge in [0.1, 0.15) is 0 Å². The van der Waals surface area contributed by atoms with Crippen LogP contribution in [0.1, 0.15) is 64.2 Å². The fraction of sp³-hybridized carbons (Fsp3) is 0.545. The molecule has 2 saturated carbocycles. The van der Waals surface area contributed by atoms with Crippen molar-refractivity contribution < 1.29 is 16.8 Å². The van der Waals surface area contributed by atoms with Crippen LogP contribution in [0.15, 0.2) is 46.2 Å². The summed E-state index contributed by atoms with van der Waals surface area (Å²) >= 11 is 0. The lowest BCUT2D eigenvalue weighted by Crippen LogP contribution is -2.36. The lowest BCUT2D eigenvalue weighted by atomic mass is 9.96. The van der Waals surface area contributed by atoms with Crippen LogP contribution in [0.2, 0.25) is 0 Å². The van der Waals surface area contributed by atoms with Crippen LogP contribution in [-0.4, -0.2) is 28.9 Å². The molecule has 4 rings (SSSR count). The van der Waals surface area contributed by atoms with Crippen molar-refractivity contribution in [1.29, 1.82) is 0 Å². The first-order valence-corrected chi connectivity index (χ1v) is 13.9. The van der Waals surface area contributed by atoms with Gasteiger partial charge in [-0.15, -0.1) is 0 Å². The van der Waals surface area contributed by atoms with Gasteiger partial charge in [0.2, 0.25) is 20.0 Å². The molecule has 2 fully saturated rings. The highest BCUT2D eigenvalue weighted by Crippen LogP contribution is 2.30. The number of rotatable bonds is 6. The molecule has 0 spiro atoms. The molecular formula is C22H30N2O4S2. The monoisotopic (exact) mass is 450 g/mol. The Labute approximate surface area is 179 Å². The number of fused-ring (bicyclic) bond motifs is 1. The van der Waals surface area contributed by atoms with E-state index in [1.807, 2.05) is 0 Å². The van der Waals surface area contributed by atoms with Gasteiger partial charge in [0, 0.05) is 22.9 Å². The van der Waals surface area contributed by atoms with E-state index in [0.717, 1.165) is 64.2 Å². The molecule has 0 saturated heterocycles. The normalized spacial score (nSPS) is 19.9. The standard InChI is InChI=1S/C22H30N2O4S2/c25-29(26,23-17-9-3-1-4-10-17)21-15-7-14-20-19(21)13-8-16-22(20)30(27,28)24-18-11-5-2-6-12-18/h7-8,13-18,23-24H,1-6,9-12H2. The summed E-state index contributed by atoms with van der Waals surface area (Å²) in [7, 11) is -7.48. The minimum atomic E-state index is -3.74. The third-order valence-electron chi connectivity index (χ3n) is 6.28. The number of hydrogen-bond donors (Lipinski definition) is 2. The zero-order valence-corrected chi connectivity index (χ0v) is 18.8. The average Bonchev–Trinajstić information content (AvgIpc) is 2.73. The van der Waals surface area contributed by atoms with Gasteiger partial charge in [-0.1, -0.05) is 62.8 Å². The zero-order chi connectivity index (χ0) is 21.2. The van der Waals surface area contributed by atoms with E-state index in [4.69, 9.17) is 0 Å². The van der Waals surface area contributed by atoms with E-state index in [0.29, 0.717) is 10.8 Å². The molecule has 30 heavy (non-hydrogen) atoms. The lowest BCUT2D eigenvalue weighted by molar-refractivity contribution is 0.412. The summed E-state index contributed by atoms with van der Waals surface area (Å²) in [6.07, 6.45) is 9.75. The molecule has 0 radical (unpaired) electrons. The largest absolute Gasteiger partial charge is 0.241 e. The summed E-state index contributed by atoms with van der Waals surface area (Å²) in [5, 5.41) is 0.875. The molecule has 164 valence electrons. The second-order valence-corrected chi connectivity index (χ2v) is 11.9. The van der Waals surface area contributed by atoms with Crippen molar-refractivity contribution in [3.05, 3.63) is 36.4 Å². The second-order valence-electron chi connectivity index (χ2n) is 8.52. The van der Waals surface area contributed by atoms with Crippen LogP contribution in [0.3, 0.4) is 0 Å². The summed E-state index contributed by atoms with van der Waals surface area (Å²) in [4.78, 5) is 0.278. The lowest BCUT2D eigenvalue weighted by Gasteiger charge is -2.24. The predicted molar refractivity (Wildman–Crippen MR) is 118 cm³/mol. The SMILES string of the molecule is O=S(=O)(NC1CCCCC1)c1cccc2c(S(=O)(=O)NC3CCCCC3)cccc12. The molecule has 0 heterocycles. The maximum Gasteiger partial charge on any atom is 0.241 e. The van der Waals surface area contributed by atoms with Crippen LogP contribution in [0.4, 0.5) is 0 Å². The third-order valence-corrected chi connectivity index (χ3v) is 9.43. The zero-order valence-electron chi connectivity index (χ0n) is 17.1. The van der Waals surface area contributed by atoms with E-state index in [2.05, 4.69) is 9.44 Å². The smallest absolute Gasteiger partial charge is 0.208 e. The maximum absolute atomic E-state index is 13.1. The van der Waals surface area contributed by atoms with Crippen LogP contribution in [0.25, 0.3) is 10.8 Å². The second kappa shape index (κ2) is 8.94. The number of benzene rings is 2. The highest BCUT2D eigenvalue weighted by Gasteiger charge is 2.27. The van der Waals surface area contributed by atoms with Crippen molar-refractivity contribution in [3.63, 3.8) is 0 Å². The van der Waals surface area contributed by atoms with Crippen molar-refractivity contribution in [3.8, 4) is 0 Å². The van der Waals surface area contributed by atoms with Crippen LogP contribution in [0.5, 0.6) is 0 Å². The van der Waals surface area contributed by atoms with Crippen LogP contribution in [-0.2, 0) is 20.0 Å². The molecule has 2 aliphatic carbocycles. The summed E-state index contributed by atoms with van der Waals surface area (Å²) in [5.74, 6) is 0. The van der Waals surface area contributed by atoms with E-state index in [-0.39, 0.29) is 21.9 Å². The molecular weight excluding hydrogens is 420 g/mol. The van der Waals surface area contributed by atoms with E-state index in [1.54, 1.807) is 36.4 Å². The molecule has 2 aromatic carbocycles. The predicted octanol–water partition coefficient (Wildman–Crippen LogP) is 4.06. The Kier molecular flexibility index (Phi) is 6.48. The average molecular weight is 451 g/mol. The summed E-state index contributed by atoms with van der Waals surface area (Å²) in [5.41, 5.74) is 0. The topological polar surface area (TPSA) is 92.3 Å². The van der Waals surface area contributed by atoms with Gasteiger partial charge in [0.25, 0.3) is 0 Å². The van der Waals surface area contributed by atoms with Crippen molar-refractivity contribution in [1.82, 2.24) is 9.44 Å². The number of sulfonamides is 2. The Bertz CT molecular complexity index is 1010. The molecule has 2 aromatic rings. The van der Waals surface area contributed by atoms with Gasteiger partial charge in [-0.2, -0.15) is 0 Å². The Morgan fingerprint density at radius 2 is 0.933 bits per heavy atom. The highest BCUT2D eigenvalue weighted by molar-refractivity contribution is 7.90. The minimum absolute atomic E-state index is 0.0566. The summed E-state index contributed by atoms with van der Waals surface area (Å²) < 4.78 is 58.1. The molecule has 0 aliphatic heterocycles. The molecule has 2 aliphatic rings. The fourth-order valence-corrected chi connectivity index (χ4v) is 7.78. The van der Waals surface area contributed by atoms with E-state index >= 15 is 0 Å². The van der Waals surface area contributed by atoms with Gasteiger partial charge < -0.3 is 0 Å². The molecule has 0 bridgehead atoms. The Morgan fingerprint density at radius 1 is 0.567 bits per heavy atom. The van der Waals surface area contributed by atoms with Crippen LogP contribution in [0, 0.1) is 0 Å². The van der Waals surface area contributed by atoms with E-state index in [1.165, 1.54) is 0 Å². The molecule has 8 heteroatoms. The Hall–Kier alpha value is -1.48. The highest BCUT2D eigenvalue weighted by atomic mass is 32.2. The summed E-state index contributed by atoms with van der Waals surface area (Å²) in [6.45, 7) is 0. The molecule has 6 nitrogen and oxygen atoms in total. The number of hydrogen-bond acceptors (Lipinski definition) is 4. The Balaban J connectivity index is 1.69. The molecule has 0 amide bonds. The molecule has 0 unspecified atom stereocenters. The van der Waals surface area contributed by atoms with Gasteiger partial charge in [0.15, 0.2) is 0 Å². The van der Waals surface area contributed by atoms with Crippen molar-refractivity contribution in [2.45, 2.75) is 86.1 Å². The van der Waals surface area contributed by atoms with E-state index < -0.39 is 20.0 Å². The van der Waals surface area contributed by atoms with Gasteiger partial charge >= 0.3 is 0 Å². The van der Waals surface area contributed by atoms with Gasteiger partial charge in [-0.25, -0.2) is 26.3 Å². The van der Waals surface area contributed by atoms with Crippen LogP contribution < -0.4 is 9.44 Å². The maximum atomic E-state index is 13.1. The minimum Gasteiger partial charge on any atom is -0.208 e. The van der Waals surface area contributed by atoms with Crippen molar-refractivity contribution in [2.75, 3.05) is 0 Å². The third kappa shape index (κ3) is 4.72. The molecule has 2 N–H and O–H groups in total. The quantitative estimate of drug-likeness (QED) is 0.694. The Morgan fingerprint density at radius 3 is 1.30 bits per heavy atom. The number of nitrogens with one attached hydrogen (secondary N) is 2. The molecule has 0 aromatic heterocycles.